The highest BCUT2D eigenvalue weighted by atomic mass is 16.5. The Morgan fingerprint density at radius 3 is 2.86 bits per heavy atom. The predicted molar refractivity (Wildman–Crippen MR) is 57.3 cm³/mol. The summed E-state index contributed by atoms with van der Waals surface area (Å²) in [5.41, 5.74) is 1.31. The van der Waals surface area contributed by atoms with Gasteiger partial charge in [-0.3, -0.25) is 4.79 Å². The molecule has 80 valence electrons. The molecule has 0 N–H and O–H groups in total. The van der Waals surface area contributed by atoms with Crippen LogP contribution in [-0.4, -0.2) is 18.5 Å². The van der Waals surface area contributed by atoms with Crippen molar-refractivity contribution >= 4 is 5.78 Å². The van der Waals surface area contributed by atoms with Crippen LogP contribution in [0.15, 0.2) is 11.6 Å². The van der Waals surface area contributed by atoms with E-state index in [1.807, 2.05) is 13.8 Å². The zero-order valence-corrected chi connectivity index (χ0v) is 9.21. The van der Waals surface area contributed by atoms with Gasteiger partial charge in [0, 0.05) is 6.42 Å². The fraction of sp³-hybridized carbons (Fsp3) is 0.750. The molecule has 0 aliphatic heterocycles. The van der Waals surface area contributed by atoms with E-state index in [0.717, 1.165) is 12.8 Å². The van der Waals surface area contributed by atoms with Crippen molar-refractivity contribution < 1.29 is 9.53 Å². The first-order chi connectivity index (χ1) is 6.68. The molecule has 1 aliphatic rings. The van der Waals surface area contributed by atoms with Crippen molar-refractivity contribution in [3.63, 3.8) is 0 Å². The van der Waals surface area contributed by atoms with Gasteiger partial charge in [0.1, 0.15) is 6.61 Å². The fourth-order valence-electron chi connectivity index (χ4n) is 1.63. The molecule has 0 aromatic heterocycles. The Hall–Kier alpha value is -0.630. The average Bonchev–Trinajstić information content (AvgIpc) is 2.16. The normalized spacial score (nSPS) is 16.9. The van der Waals surface area contributed by atoms with Crippen LogP contribution in [0, 0.1) is 0 Å². The maximum absolute atomic E-state index is 11.4. The molecular formula is C12H20O2. The Morgan fingerprint density at radius 2 is 2.29 bits per heavy atom. The first-order valence-electron chi connectivity index (χ1n) is 5.49. The van der Waals surface area contributed by atoms with E-state index in [1.165, 1.54) is 18.4 Å². The van der Waals surface area contributed by atoms with E-state index in [-0.39, 0.29) is 18.5 Å². The van der Waals surface area contributed by atoms with Gasteiger partial charge in [-0.25, -0.2) is 0 Å². The fourth-order valence-corrected chi connectivity index (χ4v) is 1.63. The minimum Gasteiger partial charge on any atom is -0.371 e. The minimum atomic E-state index is 0.152. The number of hydrogen-bond acceptors (Lipinski definition) is 2. The van der Waals surface area contributed by atoms with Gasteiger partial charge in [-0.1, -0.05) is 11.6 Å². The Balaban J connectivity index is 2.22. The van der Waals surface area contributed by atoms with Gasteiger partial charge in [0.25, 0.3) is 0 Å². The first kappa shape index (κ1) is 11.4. The highest BCUT2D eigenvalue weighted by molar-refractivity contribution is 5.82. The van der Waals surface area contributed by atoms with Gasteiger partial charge in [-0.05, 0) is 39.5 Å². The molecule has 0 atom stereocenters. The maximum atomic E-state index is 11.4. The van der Waals surface area contributed by atoms with Gasteiger partial charge in [0.05, 0.1) is 6.10 Å². The van der Waals surface area contributed by atoms with Crippen molar-refractivity contribution in [3.05, 3.63) is 11.6 Å². The Bertz CT molecular complexity index is 216. The number of ketones is 1. The lowest BCUT2D eigenvalue weighted by atomic mass is 9.96. The van der Waals surface area contributed by atoms with E-state index in [0.29, 0.717) is 6.42 Å². The van der Waals surface area contributed by atoms with Crippen LogP contribution in [0.3, 0.4) is 0 Å². The van der Waals surface area contributed by atoms with Gasteiger partial charge in [0.15, 0.2) is 5.78 Å². The monoisotopic (exact) mass is 196 g/mol. The third-order valence-corrected chi connectivity index (χ3v) is 2.39. The maximum Gasteiger partial charge on any atom is 0.162 e. The molecule has 14 heavy (non-hydrogen) atoms. The highest BCUT2D eigenvalue weighted by Crippen LogP contribution is 2.20. The summed E-state index contributed by atoms with van der Waals surface area (Å²) in [6.07, 6.45) is 7.74. The quantitative estimate of drug-likeness (QED) is 0.632. The number of rotatable bonds is 5. The van der Waals surface area contributed by atoms with Crippen molar-refractivity contribution in [1.82, 2.24) is 0 Å². The van der Waals surface area contributed by atoms with Gasteiger partial charge in [-0.2, -0.15) is 0 Å². The molecular weight excluding hydrogens is 176 g/mol. The summed E-state index contributed by atoms with van der Waals surface area (Å²) in [5, 5.41) is 0. The molecule has 1 aliphatic carbocycles. The van der Waals surface area contributed by atoms with E-state index < -0.39 is 0 Å². The summed E-state index contributed by atoms with van der Waals surface area (Å²) < 4.78 is 5.27. The summed E-state index contributed by atoms with van der Waals surface area (Å²) in [6, 6.07) is 0. The molecule has 0 spiro atoms. The summed E-state index contributed by atoms with van der Waals surface area (Å²) in [5.74, 6) is 0.215. The number of carbonyl (C=O) groups is 1. The van der Waals surface area contributed by atoms with E-state index in [9.17, 15) is 4.79 Å². The van der Waals surface area contributed by atoms with Crippen LogP contribution >= 0.6 is 0 Å². The van der Waals surface area contributed by atoms with Crippen LogP contribution in [-0.2, 0) is 9.53 Å². The lowest BCUT2D eigenvalue weighted by Crippen LogP contribution is -2.14. The summed E-state index contributed by atoms with van der Waals surface area (Å²) >= 11 is 0. The van der Waals surface area contributed by atoms with Crippen LogP contribution in [0.5, 0.6) is 0 Å². The van der Waals surface area contributed by atoms with E-state index in [4.69, 9.17) is 4.74 Å². The summed E-state index contributed by atoms with van der Waals surface area (Å²) in [7, 11) is 0. The number of allylic oxidation sites excluding steroid dienone is 2. The average molecular weight is 196 g/mol. The molecule has 0 amide bonds. The second-order valence-corrected chi connectivity index (χ2v) is 4.18. The second kappa shape index (κ2) is 5.97. The third kappa shape index (κ3) is 4.56. The van der Waals surface area contributed by atoms with Gasteiger partial charge >= 0.3 is 0 Å². The van der Waals surface area contributed by atoms with Crippen molar-refractivity contribution in [2.75, 3.05) is 6.61 Å². The van der Waals surface area contributed by atoms with Crippen LogP contribution in [0.2, 0.25) is 0 Å². The van der Waals surface area contributed by atoms with Crippen LogP contribution < -0.4 is 0 Å². The number of carbonyl (C=O) groups excluding carboxylic acids is 1. The number of ether oxygens (including phenoxy) is 1. The third-order valence-electron chi connectivity index (χ3n) is 2.39. The zero-order chi connectivity index (χ0) is 10.4. The first-order valence-corrected chi connectivity index (χ1v) is 5.49. The molecule has 0 saturated heterocycles. The minimum absolute atomic E-state index is 0.152. The molecule has 0 unspecified atom stereocenters. The van der Waals surface area contributed by atoms with Crippen molar-refractivity contribution in [3.8, 4) is 0 Å². The summed E-state index contributed by atoms with van der Waals surface area (Å²) in [6.45, 7) is 4.18. The largest absolute Gasteiger partial charge is 0.371 e. The molecule has 0 bridgehead atoms. The van der Waals surface area contributed by atoms with Crippen LogP contribution in [0.1, 0.15) is 46.0 Å². The smallest absolute Gasteiger partial charge is 0.162 e. The van der Waals surface area contributed by atoms with Gasteiger partial charge in [0.2, 0.25) is 0 Å². The van der Waals surface area contributed by atoms with Crippen molar-refractivity contribution in [2.24, 2.45) is 0 Å². The molecule has 0 heterocycles. The molecule has 1 rings (SSSR count). The highest BCUT2D eigenvalue weighted by Gasteiger charge is 2.09. The van der Waals surface area contributed by atoms with Gasteiger partial charge < -0.3 is 4.74 Å². The molecule has 0 aromatic rings. The summed E-state index contributed by atoms with van der Waals surface area (Å²) in [4.78, 5) is 11.4. The molecule has 0 radical (unpaired) electrons. The molecule has 0 fully saturated rings. The number of hydrogen-bond donors (Lipinski definition) is 0. The van der Waals surface area contributed by atoms with E-state index >= 15 is 0 Å². The topological polar surface area (TPSA) is 26.3 Å². The molecule has 2 heteroatoms. The molecule has 0 saturated carbocycles. The van der Waals surface area contributed by atoms with Crippen LogP contribution in [0.4, 0.5) is 0 Å². The standard InChI is InChI=1S/C12H20O2/c1-10(2)14-9-12(13)8-11-6-4-3-5-7-11/h6,10H,3-5,7-9H2,1-2H3. The number of Topliss-reactive ketones (excluding diaryl/α,β-unsaturated/α-hetero) is 1. The Kier molecular flexibility index (Phi) is 4.88. The Labute approximate surface area is 86.3 Å². The van der Waals surface area contributed by atoms with E-state index in [1.54, 1.807) is 0 Å². The Morgan fingerprint density at radius 1 is 1.50 bits per heavy atom. The molecule has 2 nitrogen and oxygen atoms in total. The second-order valence-electron chi connectivity index (χ2n) is 4.18. The van der Waals surface area contributed by atoms with E-state index in [2.05, 4.69) is 6.08 Å². The SMILES string of the molecule is CC(C)OCC(=O)CC1=CCCCC1. The zero-order valence-electron chi connectivity index (χ0n) is 9.21. The predicted octanol–water partition coefficient (Wildman–Crippen LogP) is 2.87. The molecule has 0 aromatic carbocycles. The van der Waals surface area contributed by atoms with Crippen molar-refractivity contribution in [2.45, 2.75) is 52.1 Å². The van der Waals surface area contributed by atoms with Crippen molar-refractivity contribution in [1.29, 1.82) is 0 Å². The lowest BCUT2D eigenvalue weighted by molar-refractivity contribution is -0.124. The lowest BCUT2D eigenvalue weighted by Gasteiger charge is -2.12. The van der Waals surface area contributed by atoms with Gasteiger partial charge in [-0.15, -0.1) is 0 Å². The van der Waals surface area contributed by atoms with Crippen LogP contribution in [0.25, 0.3) is 0 Å².